The molecule has 0 aliphatic heterocycles. The van der Waals surface area contributed by atoms with Gasteiger partial charge in [0, 0.05) is 34.9 Å². The summed E-state index contributed by atoms with van der Waals surface area (Å²) >= 11 is 0. The molecule has 2 rings (SSSR count). The lowest BCUT2D eigenvalue weighted by Gasteiger charge is -2.18. The number of hydrogen-bond donors (Lipinski definition) is 2. The molecule has 0 radical (unpaired) electrons. The average molecular weight is 342 g/mol. The van der Waals surface area contributed by atoms with Crippen LogP contribution in [0.1, 0.15) is 32.6 Å². The van der Waals surface area contributed by atoms with E-state index in [2.05, 4.69) is 10.6 Å². The number of hydrogen-bond acceptors (Lipinski definition) is 3. The maximum absolute atomic E-state index is 13.5. The Labute approximate surface area is 138 Å². The second-order valence-corrected chi connectivity index (χ2v) is 7.38. The summed E-state index contributed by atoms with van der Waals surface area (Å²) in [6, 6.07) is 3.41. The zero-order valence-corrected chi connectivity index (χ0v) is 14.2. The lowest BCUT2D eigenvalue weighted by atomic mass is 10.2. The average Bonchev–Trinajstić information content (AvgIpc) is 2.93. The fourth-order valence-corrected chi connectivity index (χ4v) is 3.45. The highest BCUT2D eigenvalue weighted by Crippen LogP contribution is 2.30. The summed E-state index contributed by atoms with van der Waals surface area (Å²) in [5, 5.41) is 5.38. The molecule has 128 valence electrons. The van der Waals surface area contributed by atoms with Crippen LogP contribution in [0.4, 0.5) is 14.9 Å². The number of ether oxygens (including phenoxy) is 1. The molecule has 0 spiro atoms. The number of anilines is 1. The number of benzene rings is 1. The van der Waals surface area contributed by atoms with Crippen molar-refractivity contribution in [3.63, 3.8) is 0 Å². The van der Waals surface area contributed by atoms with Crippen LogP contribution in [-0.2, 0) is 10.8 Å². The standard InChI is InChI=1S/C16H23FN2O3S/c1-11(10-23(2)21)18-16(20)19-14-8-7-12(17)9-15(14)22-13-5-3-4-6-13/h7-9,11,13H,3-6,10H2,1-2H3,(H2,18,19,20)/t11-,23+/m1/s1. The molecule has 1 aromatic rings. The van der Waals surface area contributed by atoms with E-state index in [9.17, 15) is 13.4 Å². The van der Waals surface area contributed by atoms with Crippen LogP contribution < -0.4 is 15.4 Å². The van der Waals surface area contributed by atoms with Crippen molar-refractivity contribution in [2.45, 2.75) is 44.8 Å². The van der Waals surface area contributed by atoms with Crippen molar-refractivity contribution in [3.8, 4) is 5.75 Å². The molecular weight excluding hydrogens is 319 g/mol. The molecule has 1 saturated carbocycles. The monoisotopic (exact) mass is 342 g/mol. The highest BCUT2D eigenvalue weighted by Gasteiger charge is 2.19. The molecule has 0 heterocycles. The molecular formula is C16H23FN2O3S. The third-order valence-corrected chi connectivity index (χ3v) is 4.62. The van der Waals surface area contributed by atoms with Gasteiger partial charge in [0.05, 0.1) is 11.8 Å². The third kappa shape index (κ3) is 5.82. The molecule has 2 atom stereocenters. The van der Waals surface area contributed by atoms with Gasteiger partial charge in [0.1, 0.15) is 11.6 Å². The SMILES string of the molecule is C[C@H](C[S@](C)=O)NC(=O)Nc1ccc(F)cc1OC1CCCC1. The van der Waals surface area contributed by atoms with Gasteiger partial charge < -0.3 is 15.4 Å². The van der Waals surface area contributed by atoms with Gasteiger partial charge in [-0.15, -0.1) is 0 Å². The van der Waals surface area contributed by atoms with E-state index in [0.29, 0.717) is 17.2 Å². The van der Waals surface area contributed by atoms with Crippen LogP contribution in [0.15, 0.2) is 18.2 Å². The number of amides is 2. The highest BCUT2D eigenvalue weighted by atomic mass is 32.2. The van der Waals surface area contributed by atoms with E-state index in [1.165, 1.54) is 18.2 Å². The third-order valence-electron chi connectivity index (χ3n) is 3.65. The number of urea groups is 1. The Morgan fingerprint density at radius 1 is 1.43 bits per heavy atom. The van der Waals surface area contributed by atoms with Gasteiger partial charge in [-0.25, -0.2) is 9.18 Å². The first kappa shape index (κ1) is 17.7. The van der Waals surface area contributed by atoms with Crippen molar-refractivity contribution < 1.29 is 18.1 Å². The van der Waals surface area contributed by atoms with E-state index in [1.54, 1.807) is 13.2 Å². The lowest BCUT2D eigenvalue weighted by Crippen LogP contribution is -2.39. The first-order chi connectivity index (χ1) is 10.9. The van der Waals surface area contributed by atoms with Crippen LogP contribution in [0, 0.1) is 5.82 Å². The highest BCUT2D eigenvalue weighted by molar-refractivity contribution is 7.84. The first-order valence-corrected chi connectivity index (χ1v) is 9.50. The van der Waals surface area contributed by atoms with Crippen molar-refractivity contribution in [3.05, 3.63) is 24.0 Å². The van der Waals surface area contributed by atoms with Gasteiger partial charge in [0.25, 0.3) is 0 Å². The van der Waals surface area contributed by atoms with Crippen molar-refractivity contribution >= 4 is 22.5 Å². The second-order valence-electron chi connectivity index (χ2n) is 5.90. The van der Waals surface area contributed by atoms with Gasteiger partial charge in [-0.3, -0.25) is 4.21 Å². The minimum Gasteiger partial charge on any atom is -0.488 e. The van der Waals surface area contributed by atoms with Crippen molar-refractivity contribution in [2.24, 2.45) is 0 Å². The summed E-state index contributed by atoms with van der Waals surface area (Å²) in [5.41, 5.74) is 0.431. The van der Waals surface area contributed by atoms with Crippen LogP contribution >= 0.6 is 0 Å². The summed E-state index contributed by atoms with van der Waals surface area (Å²) in [6.07, 6.45) is 5.76. The van der Waals surface area contributed by atoms with E-state index < -0.39 is 22.6 Å². The van der Waals surface area contributed by atoms with E-state index in [0.717, 1.165) is 25.7 Å². The molecule has 1 aromatic carbocycles. The Morgan fingerprint density at radius 3 is 2.78 bits per heavy atom. The largest absolute Gasteiger partial charge is 0.488 e. The Hall–Kier alpha value is -1.63. The molecule has 1 fully saturated rings. The van der Waals surface area contributed by atoms with Crippen molar-refractivity contribution in [2.75, 3.05) is 17.3 Å². The topological polar surface area (TPSA) is 67.4 Å². The minimum atomic E-state index is -0.986. The quantitative estimate of drug-likeness (QED) is 0.835. The van der Waals surface area contributed by atoms with Gasteiger partial charge in [-0.2, -0.15) is 0 Å². The predicted molar refractivity (Wildman–Crippen MR) is 89.8 cm³/mol. The Balaban J connectivity index is 2.00. The molecule has 1 aliphatic rings. The normalized spacial score (nSPS) is 17.5. The van der Waals surface area contributed by atoms with Crippen LogP contribution in [0.2, 0.25) is 0 Å². The van der Waals surface area contributed by atoms with Gasteiger partial charge in [0.15, 0.2) is 0 Å². The van der Waals surface area contributed by atoms with Crippen molar-refractivity contribution in [1.82, 2.24) is 5.32 Å². The van der Waals surface area contributed by atoms with E-state index in [1.807, 2.05) is 0 Å². The minimum absolute atomic E-state index is 0.0712. The van der Waals surface area contributed by atoms with E-state index in [-0.39, 0.29) is 12.1 Å². The summed E-state index contributed by atoms with van der Waals surface area (Å²) in [7, 11) is -0.986. The Bertz CT molecular complexity index is 576. The smallest absolute Gasteiger partial charge is 0.319 e. The molecule has 0 saturated heterocycles. The molecule has 23 heavy (non-hydrogen) atoms. The Morgan fingerprint density at radius 2 is 2.13 bits per heavy atom. The molecule has 0 aromatic heterocycles. The van der Waals surface area contributed by atoms with E-state index >= 15 is 0 Å². The molecule has 2 amide bonds. The number of carbonyl (C=O) groups excluding carboxylic acids is 1. The van der Waals surface area contributed by atoms with Crippen LogP contribution in [-0.4, -0.2) is 34.4 Å². The van der Waals surface area contributed by atoms with Gasteiger partial charge in [-0.05, 0) is 44.7 Å². The van der Waals surface area contributed by atoms with Gasteiger partial charge in [-0.1, -0.05) is 0 Å². The molecule has 5 nitrogen and oxygen atoms in total. The summed E-state index contributed by atoms with van der Waals surface area (Å²) in [5.74, 6) is 0.319. The maximum Gasteiger partial charge on any atom is 0.319 e. The van der Waals surface area contributed by atoms with E-state index in [4.69, 9.17) is 4.74 Å². The van der Waals surface area contributed by atoms with Crippen LogP contribution in [0.25, 0.3) is 0 Å². The zero-order valence-electron chi connectivity index (χ0n) is 13.4. The molecule has 2 N–H and O–H groups in total. The molecule has 7 heteroatoms. The maximum atomic E-state index is 13.5. The molecule has 1 aliphatic carbocycles. The van der Waals surface area contributed by atoms with Crippen molar-refractivity contribution in [1.29, 1.82) is 0 Å². The fraction of sp³-hybridized carbons (Fsp3) is 0.562. The molecule has 0 bridgehead atoms. The van der Waals surface area contributed by atoms with Gasteiger partial charge in [0.2, 0.25) is 0 Å². The summed E-state index contributed by atoms with van der Waals surface area (Å²) in [4.78, 5) is 12.0. The number of halogens is 1. The number of rotatable bonds is 6. The lowest BCUT2D eigenvalue weighted by molar-refractivity contribution is 0.210. The first-order valence-electron chi connectivity index (χ1n) is 7.78. The number of nitrogens with one attached hydrogen (secondary N) is 2. The van der Waals surface area contributed by atoms with Crippen LogP contribution in [0.5, 0.6) is 5.75 Å². The zero-order chi connectivity index (χ0) is 16.8. The fourth-order valence-electron chi connectivity index (χ4n) is 2.66. The predicted octanol–water partition coefficient (Wildman–Crippen LogP) is 3.04. The van der Waals surface area contributed by atoms with Gasteiger partial charge >= 0.3 is 6.03 Å². The Kier molecular flexibility index (Phi) is 6.38. The molecule has 0 unspecified atom stereocenters. The number of carbonyl (C=O) groups is 1. The summed E-state index contributed by atoms with van der Waals surface area (Å²) in [6.45, 7) is 1.78. The van der Waals surface area contributed by atoms with Crippen LogP contribution in [0.3, 0.4) is 0 Å². The second kappa shape index (κ2) is 8.29. The summed E-state index contributed by atoms with van der Waals surface area (Å²) < 4.78 is 30.5.